The van der Waals surface area contributed by atoms with Gasteiger partial charge in [0.05, 0.1) is 15.6 Å². The molecule has 1 fully saturated rings. The van der Waals surface area contributed by atoms with Crippen molar-refractivity contribution >= 4 is 38.9 Å². The van der Waals surface area contributed by atoms with Crippen LogP contribution in [0.2, 0.25) is 5.02 Å². The molecule has 2 unspecified atom stereocenters. The van der Waals surface area contributed by atoms with Crippen molar-refractivity contribution in [2.45, 2.75) is 18.2 Å². The lowest BCUT2D eigenvalue weighted by Crippen LogP contribution is -2.16. The van der Waals surface area contributed by atoms with Crippen LogP contribution in [-0.2, 0) is 14.8 Å². The van der Waals surface area contributed by atoms with Crippen LogP contribution in [-0.4, -0.2) is 14.3 Å². The van der Waals surface area contributed by atoms with E-state index in [1.807, 2.05) is 6.92 Å². The smallest absolute Gasteiger partial charge is 0.262 e. The van der Waals surface area contributed by atoms with E-state index in [-0.39, 0.29) is 16.7 Å². The van der Waals surface area contributed by atoms with Crippen LogP contribution in [0.15, 0.2) is 53.4 Å². The van der Waals surface area contributed by atoms with Crippen molar-refractivity contribution < 1.29 is 13.2 Å². The number of benzene rings is 2. The Morgan fingerprint density at radius 2 is 1.88 bits per heavy atom. The third-order valence-electron chi connectivity index (χ3n) is 3.98. The fourth-order valence-corrected chi connectivity index (χ4v) is 3.78. The number of hydrogen-bond acceptors (Lipinski definition) is 3. The zero-order valence-corrected chi connectivity index (χ0v) is 14.6. The maximum Gasteiger partial charge on any atom is 0.262 e. The zero-order valence-electron chi connectivity index (χ0n) is 13.0. The van der Waals surface area contributed by atoms with Gasteiger partial charge in [0, 0.05) is 11.6 Å². The largest absolute Gasteiger partial charge is 0.326 e. The van der Waals surface area contributed by atoms with Crippen molar-refractivity contribution in [1.82, 2.24) is 0 Å². The highest BCUT2D eigenvalue weighted by molar-refractivity contribution is 7.92. The Balaban J connectivity index is 1.79. The molecule has 2 N–H and O–H groups in total. The van der Waals surface area contributed by atoms with Gasteiger partial charge < -0.3 is 5.32 Å². The van der Waals surface area contributed by atoms with E-state index in [1.165, 1.54) is 12.1 Å². The lowest BCUT2D eigenvalue weighted by Gasteiger charge is -2.11. The summed E-state index contributed by atoms with van der Waals surface area (Å²) in [7, 11) is -3.80. The Kier molecular flexibility index (Phi) is 4.51. The van der Waals surface area contributed by atoms with Gasteiger partial charge in [0.15, 0.2) is 0 Å². The summed E-state index contributed by atoms with van der Waals surface area (Å²) < 4.78 is 27.5. The first-order chi connectivity index (χ1) is 11.4. The lowest BCUT2D eigenvalue weighted by molar-refractivity contribution is -0.117. The highest BCUT2D eigenvalue weighted by atomic mass is 35.5. The number of carbonyl (C=O) groups is 1. The predicted molar refractivity (Wildman–Crippen MR) is 94.6 cm³/mol. The van der Waals surface area contributed by atoms with Gasteiger partial charge in [-0.3, -0.25) is 9.52 Å². The van der Waals surface area contributed by atoms with Gasteiger partial charge in [-0.15, -0.1) is 0 Å². The van der Waals surface area contributed by atoms with Crippen LogP contribution in [0.1, 0.15) is 13.3 Å². The topological polar surface area (TPSA) is 75.3 Å². The Hall–Kier alpha value is -2.05. The van der Waals surface area contributed by atoms with Crippen molar-refractivity contribution in [3.8, 4) is 0 Å². The van der Waals surface area contributed by atoms with E-state index in [1.54, 1.807) is 36.4 Å². The summed E-state index contributed by atoms with van der Waals surface area (Å²) >= 11 is 5.99. The first kappa shape index (κ1) is 16.8. The second-order valence-corrected chi connectivity index (χ2v) is 8.01. The number of sulfonamides is 1. The van der Waals surface area contributed by atoms with Crippen LogP contribution >= 0.6 is 11.6 Å². The van der Waals surface area contributed by atoms with Gasteiger partial charge >= 0.3 is 0 Å². The molecule has 1 aliphatic rings. The van der Waals surface area contributed by atoms with Gasteiger partial charge in [0.25, 0.3) is 10.0 Å². The molecule has 0 aliphatic heterocycles. The van der Waals surface area contributed by atoms with Gasteiger partial charge in [-0.05, 0) is 42.7 Å². The standard InChI is InChI=1S/C17H17ClN2O3S/c1-11-9-14(11)17(21)19-12-5-4-6-13(10-12)24(22,23)20-16-8-3-2-7-15(16)18/h2-8,10-11,14,20H,9H2,1H3,(H,19,21). The number of nitrogens with one attached hydrogen (secondary N) is 2. The van der Waals surface area contributed by atoms with Crippen molar-refractivity contribution in [2.24, 2.45) is 11.8 Å². The van der Waals surface area contributed by atoms with Crippen LogP contribution in [0.5, 0.6) is 0 Å². The number of amides is 1. The van der Waals surface area contributed by atoms with Crippen LogP contribution in [0.25, 0.3) is 0 Å². The van der Waals surface area contributed by atoms with E-state index in [2.05, 4.69) is 10.0 Å². The minimum absolute atomic E-state index is 0.0199. The SMILES string of the molecule is CC1CC1C(=O)Nc1cccc(S(=O)(=O)Nc2ccccc2Cl)c1. The first-order valence-electron chi connectivity index (χ1n) is 7.55. The minimum atomic E-state index is -3.80. The Labute approximate surface area is 146 Å². The summed E-state index contributed by atoms with van der Waals surface area (Å²) in [6.07, 6.45) is 0.873. The molecule has 0 spiro atoms. The van der Waals surface area contributed by atoms with Crippen molar-refractivity contribution in [3.05, 3.63) is 53.6 Å². The van der Waals surface area contributed by atoms with Gasteiger partial charge in [-0.2, -0.15) is 0 Å². The molecule has 24 heavy (non-hydrogen) atoms. The Morgan fingerprint density at radius 1 is 1.17 bits per heavy atom. The monoisotopic (exact) mass is 364 g/mol. The Bertz CT molecular complexity index is 883. The van der Waals surface area contributed by atoms with Crippen LogP contribution < -0.4 is 10.0 Å². The van der Waals surface area contributed by atoms with Crippen molar-refractivity contribution in [2.75, 3.05) is 10.0 Å². The summed E-state index contributed by atoms with van der Waals surface area (Å²) in [5.74, 6) is 0.335. The molecular weight excluding hydrogens is 348 g/mol. The molecule has 2 aromatic carbocycles. The van der Waals surface area contributed by atoms with Crippen molar-refractivity contribution in [3.63, 3.8) is 0 Å². The number of halogens is 1. The molecule has 0 aromatic heterocycles. The summed E-state index contributed by atoms with van der Waals surface area (Å²) in [5.41, 5.74) is 0.765. The third-order valence-corrected chi connectivity index (χ3v) is 5.67. The molecule has 1 amide bonds. The maximum atomic E-state index is 12.5. The Morgan fingerprint density at radius 3 is 2.54 bits per heavy atom. The summed E-state index contributed by atoms with van der Waals surface area (Å²) in [5, 5.41) is 3.08. The molecule has 2 atom stereocenters. The van der Waals surface area contributed by atoms with Crippen LogP contribution in [0, 0.1) is 11.8 Å². The average molecular weight is 365 g/mol. The van der Waals surface area contributed by atoms with E-state index in [0.29, 0.717) is 22.3 Å². The highest BCUT2D eigenvalue weighted by Gasteiger charge is 2.39. The number of rotatable bonds is 5. The molecule has 0 radical (unpaired) electrons. The van der Waals surface area contributed by atoms with E-state index in [4.69, 9.17) is 11.6 Å². The van der Waals surface area contributed by atoms with Crippen molar-refractivity contribution in [1.29, 1.82) is 0 Å². The second kappa shape index (κ2) is 6.45. The second-order valence-electron chi connectivity index (χ2n) is 5.92. The van der Waals surface area contributed by atoms with Gasteiger partial charge in [0.2, 0.25) is 5.91 Å². The quantitative estimate of drug-likeness (QED) is 0.848. The number of para-hydroxylation sites is 1. The maximum absolute atomic E-state index is 12.5. The summed E-state index contributed by atoms with van der Waals surface area (Å²) in [4.78, 5) is 12.0. The normalized spacial score (nSPS) is 19.6. The molecule has 0 bridgehead atoms. The molecular formula is C17H17ClN2O3S. The highest BCUT2D eigenvalue weighted by Crippen LogP contribution is 2.38. The minimum Gasteiger partial charge on any atom is -0.326 e. The summed E-state index contributed by atoms with van der Waals surface area (Å²) in [6, 6.07) is 12.8. The predicted octanol–water partition coefficient (Wildman–Crippen LogP) is 3.74. The van der Waals surface area contributed by atoms with Gasteiger partial charge in [-0.25, -0.2) is 8.42 Å². The van der Waals surface area contributed by atoms with Crippen LogP contribution in [0.3, 0.4) is 0 Å². The van der Waals surface area contributed by atoms with E-state index < -0.39 is 10.0 Å². The van der Waals surface area contributed by atoms with E-state index in [0.717, 1.165) is 6.42 Å². The van der Waals surface area contributed by atoms with E-state index in [9.17, 15) is 13.2 Å². The number of hydrogen-bond donors (Lipinski definition) is 2. The zero-order chi connectivity index (χ0) is 17.3. The molecule has 2 aromatic rings. The fraction of sp³-hybridized carbons (Fsp3) is 0.235. The molecule has 3 rings (SSSR count). The summed E-state index contributed by atoms with van der Waals surface area (Å²) in [6.45, 7) is 2.01. The molecule has 0 heterocycles. The molecule has 0 saturated heterocycles. The van der Waals surface area contributed by atoms with Gasteiger partial charge in [0.1, 0.15) is 0 Å². The third kappa shape index (κ3) is 3.71. The average Bonchev–Trinajstić information content (AvgIpc) is 3.27. The lowest BCUT2D eigenvalue weighted by atomic mass is 10.3. The molecule has 1 saturated carbocycles. The van der Waals surface area contributed by atoms with Gasteiger partial charge in [-0.1, -0.05) is 36.7 Å². The molecule has 5 nitrogen and oxygen atoms in total. The fourth-order valence-electron chi connectivity index (χ4n) is 2.41. The molecule has 7 heteroatoms. The molecule has 1 aliphatic carbocycles. The number of anilines is 2. The first-order valence-corrected chi connectivity index (χ1v) is 9.41. The van der Waals surface area contributed by atoms with Crippen LogP contribution in [0.4, 0.5) is 11.4 Å². The number of carbonyl (C=O) groups excluding carboxylic acids is 1. The molecule has 126 valence electrons. The van der Waals surface area contributed by atoms with E-state index >= 15 is 0 Å².